The standard InChI is InChI=1S/C33H33BClN3O6S/c1-32(2)33(3,4)44-34(43-32)26-13-6-19(14-22(26)17-36)18-38(45(40)41)27-16-28-25(15-24(27)20-7-8-20)29(31(39)37-5)30(42-28)21-9-11-23(35)12-10-21/h6,9-16,20H,7-8,18H2,1-5H3,(H,37,39)(H,40,41)/p-1. The molecule has 0 bridgehead atoms. The fourth-order valence-electron chi connectivity index (χ4n) is 5.60. The number of amides is 1. The van der Waals surface area contributed by atoms with Crippen LogP contribution in [0.25, 0.3) is 22.3 Å². The highest BCUT2D eigenvalue weighted by Gasteiger charge is 2.52. The van der Waals surface area contributed by atoms with Gasteiger partial charge in [0.2, 0.25) is 0 Å². The molecule has 1 aliphatic carbocycles. The third kappa shape index (κ3) is 5.78. The van der Waals surface area contributed by atoms with Gasteiger partial charge in [0.15, 0.2) is 0 Å². The van der Waals surface area contributed by atoms with Crippen molar-refractivity contribution in [2.24, 2.45) is 0 Å². The van der Waals surface area contributed by atoms with Crippen molar-refractivity contribution in [1.82, 2.24) is 5.32 Å². The van der Waals surface area contributed by atoms with Gasteiger partial charge >= 0.3 is 7.12 Å². The monoisotopic (exact) mass is 644 g/mol. The second kappa shape index (κ2) is 11.6. The Morgan fingerprint density at radius 2 is 1.78 bits per heavy atom. The van der Waals surface area contributed by atoms with Crippen LogP contribution in [-0.4, -0.2) is 40.0 Å². The molecule has 0 spiro atoms. The molecule has 2 heterocycles. The van der Waals surface area contributed by atoms with Crippen molar-refractivity contribution >= 4 is 58.0 Å². The van der Waals surface area contributed by atoms with Crippen LogP contribution in [0.5, 0.6) is 0 Å². The van der Waals surface area contributed by atoms with Crippen molar-refractivity contribution < 1.29 is 27.3 Å². The van der Waals surface area contributed by atoms with Crippen LogP contribution in [0.4, 0.5) is 5.69 Å². The fourth-order valence-corrected chi connectivity index (χ4v) is 6.30. The van der Waals surface area contributed by atoms with E-state index in [4.69, 9.17) is 25.3 Å². The summed E-state index contributed by atoms with van der Waals surface area (Å²) in [5.74, 6) is 0.192. The van der Waals surface area contributed by atoms with Crippen LogP contribution in [0.3, 0.4) is 0 Å². The first-order valence-electron chi connectivity index (χ1n) is 14.7. The molecule has 4 aromatic rings. The number of anilines is 1. The fraction of sp³-hybridized carbons (Fsp3) is 0.333. The van der Waals surface area contributed by atoms with Crippen LogP contribution in [0.2, 0.25) is 5.02 Å². The Labute approximate surface area is 270 Å². The van der Waals surface area contributed by atoms with Crippen molar-refractivity contribution in [3.8, 4) is 17.4 Å². The van der Waals surface area contributed by atoms with Crippen LogP contribution in [0.1, 0.15) is 73.5 Å². The summed E-state index contributed by atoms with van der Waals surface area (Å²) in [6.45, 7) is 7.75. The summed E-state index contributed by atoms with van der Waals surface area (Å²) in [4.78, 5) is 13.1. The zero-order valence-electron chi connectivity index (χ0n) is 25.6. The van der Waals surface area contributed by atoms with Crippen LogP contribution >= 0.6 is 11.6 Å². The van der Waals surface area contributed by atoms with Gasteiger partial charge in [-0.3, -0.25) is 13.3 Å². The molecule has 1 saturated heterocycles. The first-order chi connectivity index (χ1) is 21.3. The molecular weight excluding hydrogens is 613 g/mol. The van der Waals surface area contributed by atoms with Crippen molar-refractivity contribution in [3.05, 3.63) is 81.9 Å². The number of hydrogen-bond acceptors (Lipinski definition) is 7. The molecule has 1 N–H and O–H groups in total. The van der Waals surface area contributed by atoms with Gasteiger partial charge in [-0.2, -0.15) is 5.26 Å². The number of nitrogens with one attached hydrogen (secondary N) is 1. The Bertz CT molecular complexity index is 1860. The van der Waals surface area contributed by atoms with Crippen molar-refractivity contribution in [3.63, 3.8) is 0 Å². The van der Waals surface area contributed by atoms with E-state index in [-0.39, 0.29) is 18.4 Å². The number of carbonyl (C=O) groups is 1. The number of furan rings is 1. The molecule has 45 heavy (non-hydrogen) atoms. The van der Waals surface area contributed by atoms with Crippen LogP contribution in [-0.2, 0) is 27.1 Å². The van der Waals surface area contributed by atoms with Gasteiger partial charge in [-0.15, -0.1) is 0 Å². The number of nitriles is 1. The van der Waals surface area contributed by atoms with Crippen LogP contribution in [0.15, 0.2) is 59.0 Å². The topological polar surface area (TPSA) is 128 Å². The van der Waals surface area contributed by atoms with Gasteiger partial charge in [-0.05, 0) is 94.0 Å². The van der Waals surface area contributed by atoms with Crippen molar-refractivity contribution in [1.29, 1.82) is 5.26 Å². The molecule has 232 valence electrons. The first-order valence-corrected chi connectivity index (χ1v) is 16.1. The summed E-state index contributed by atoms with van der Waals surface area (Å²) >= 11 is 3.44. The van der Waals surface area contributed by atoms with Gasteiger partial charge in [-0.25, -0.2) is 0 Å². The van der Waals surface area contributed by atoms with E-state index in [1.807, 2.05) is 33.8 Å². The van der Waals surface area contributed by atoms with Gasteiger partial charge in [0, 0.05) is 45.8 Å². The van der Waals surface area contributed by atoms with Crippen molar-refractivity contribution in [2.75, 3.05) is 11.4 Å². The second-order valence-corrected chi connectivity index (χ2v) is 13.8. The summed E-state index contributed by atoms with van der Waals surface area (Å²) in [6, 6.07) is 18.0. The Hall–Kier alpha value is -3.66. The van der Waals surface area contributed by atoms with Gasteiger partial charge in [0.25, 0.3) is 5.91 Å². The molecule has 1 amide bonds. The summed E-state index contributed by atoms with van der Waals surface area (Å²) in [7, 11) is 0.828. The second-order valence-electron chi connectivity index (χ2n) is 12.4. The molecule has 1 unspecified atom stereocenters. The Morgan fingerprint density at radius 3 is 2.36 bits per heavy atom. The van der Waals surface area contributed by atoms with E-state index in [9.17, 15) is 18.8 Å². The van der Waals surface area contributed by atoms with E-state index >= 15 is 0 Å². The van der Waals surface area contributed by atoms with E-state index in [2.05, 4.69) is 11.4 Å². The minimum atomic E-state index is -2.67. The van der Waals surface area contributed by atoms with E-state index in [0.717, 1.165) is 18.4 Å². The molecule has 1 aromatic heterocycles. The highest BCUT2D eigenvalue weighted by molar-refractivity contribution is 7.80. The lowest BCUT2D eigenvalue weighted by Crippen LogP contribution is -2.41. The van der Waals surface area contributed by atoms with E-state index < -0.39 is 29.6 Å². The number of benzene rings is 3. The van der Waals surface area contributed by atoms with Crippen LogP contribution < -0.4 is 15.1 Å². The van der Waals surface area contributed by atoms with Crippen LogP contribution in [0, 0.1) is 11.3 Å². The molecule has 1 aliphatic heterocycles. The molecule has 0 radical (unpaired) electrons. The number of hydrogen-bond donors (Lipinski definition) is 1. The average Bonchev–Trinajstić information content (AvgIpc) is 3.74. The number of rotatable bonds is 8. The largest absolute Gasteiger partial charge is 0.755 e. The average molecular weight is 645 g/mol. The molecule has 1 atom stereocenters. The number of nitrogens with zero attached hydrogens (tertiary/aromatic N) is 2. The Morgan fingerprint density at radius 1 is 1.11 bits per heavy atom. The number of halogens is 1. The SMILES string of the molecule is CNC(=O)c1c(-c2ccc(Cl)cc2)oc2cc(N(Cc3ccc(B4OC(C)(C)C(C)(C)O4)c(C#N)c3)S(=O)[O-])c(C3CC3)cc12. The highest BCUT2D eigenvalue weighted by Crippen LogP contribution is 2.48. The smallest absolute Gasteiger partial charge is 0.496 e. The van der Waals surface area contributed by atoms with Crippen molar-refractivity contribution in [2.45, 2.75) is 64.2 Å². The molecule has 2 aliphatic rings. The predicted octanol–water partition coefficient (Wildman–Crippen LogP) is 5.96. The molecular formula is C33H32BClN3O6S-. The normalized spacial score (nSPS) is 17.7. The molecule has 1 saturated carbocycles. The minimum Gasteiger partial charge on any atom is -0.755 e. The molecule has 12 heteroatoms. The summed E-state index contributed by atoms with van der Waals surface area (Å²) < 4.78 is 45.5. The van der Waals surface area contributed by atoms with Gasteiger partial charge in [0.1, 0.15) is 11.3 Å². The zero-order valence-corrected chi connectivity index (χ0v) is 27.2. The summed E-state index contributed by atoms with van der Waals surface area (Å²) in [6.07, 6.45) is 1.80. The number of fused-ring (bicyclic) bond motifs is 1. The van der Waals surface area contributed by atoms with Gasteiger partial charge < -0.3 is 23.6 Å². The lowest BCUT2D eigenvalue weighted by atomic mass is 9.75. The molecule has 9 nitrogen and oxygen atoms in total. The minimum absolute atomic E-state index is 0.0211. The molecule has 3 aromatic carbocycles. The predicted molar refractivity (Wildman–Crippen MR) is 174 cm³/mol. The summed E-state index contributed by atoms with van der Waals surface area (Å²) in [5, 5.41) is 13.9. The Balaban J connectivity index is 1.41. The van der Waals surface area contributed by atoms with E-state index in [0.29, 0.717) is 55.2 Å². The van der Waals surface area contributed by atoms with Gasteiger partial charge in [-0.1, -0.05) is 23.7 Å². The highest BCUT2D eigenvalue weighted by atomic mass is 35.5. The maximum Gasteiger partial charge on any atom is 0.496 e. The summed E-state index contributed by atoms with van der Waals surface area (Å²) in [5.41, 5.74) is 3.08. The van der Waals surface area contributed by atoms with Gasteiger partial charge in [0.05, 0.1) is 40.6 Å². The lowest BCUT2D eigenvalue weighted by Gasteiger charge is -2.32. The maximum absolute atomic E-state index is 13.1. The molecule has 6 rings (SSSR count). The maximum atomic E-state index is 13.1. The number of carbonyl (C=O) groups excluding carboxylic acids is 1. The van der Waals surface area contributed by atoms with E-state index in [1.165, 1.54) is 4.31 Å². The zero-order chi connectivity index (χ0) is 32.3. The third-order valence-corrected chi connectivity index (χ3v) is 9.87. The molecule has 2 fully saturated rings. The lowest BCUT2D eigenvalue weighted by molar-refractivity contribution is 0.00578. The Kier molecular flexibility index (Phi) is 8.08. The quantitative estimate of drug-likeness (QED) is 0.185. The third-order valence-electron chi connectivity index (χ3n) is 8.94. The van der Waals surface area contributed by atoms with E-state index in [1.54, 1.807) is 55.6 Å². The first kappa shape index (κ1) is 31.3.